The SMILES string of the molecule is CN(CCN1CCC(OC(=O)Nc2ccccc2-c2ccccc2)CC1)C(=O)CCCCCNc1ccc2c(c1)CCN(CCCN(C)C(=O)CO[C@H]1Cc3ccccc3C13CCN(CC[C@@]1(c4ccc(F)cc4)CN(C(=O)c4cc(C(F)(F)F)cc(C(F)(F)F)c4)CO1)CC3)C2=O. The van der Waals surface area contributed by atoms with Crippen LogP contribution in [0.4, 0.5) is 46.9 Å². The van der Waals surface area contributed by atoms with Gasteiger partial charge in [-0.15, -0.1) is 0 Å². The molecular formula is C75H85F7N8O8. The molecule has 0 unspecified atom stereocenters. The van der Waals surface area contributed by atoms with E-state index in [9.17, 15) is 54.7 Å². The van der Waals surface area contributed by atoms with Gasteiger partial charge in [-0.2, -0.15) is 26.3 Å². The van der Waals surface area contributed by atoms with Crippen molar-refractivity contribution in [2.75, 3.05) is 117 Å². The van der Waals surface area contributed by atoms with E-state index in [2.05, 4.69) is 32.6 Å². The molecule has 11 rings (SSSR count). The van der Waals surface area contributed by atoms with Gasteiger partial charge in [0.05, 0.1) is 29.5 Å². The maximum Gasteiger partial charge on any atom is 0.416 e. The third-order valence-corrected chi connectivity index (χ3v) is 20.3. The summed E-state index contributed by atoms with van der Waals surface area (Å²) in [7, 11) is 3.60. The number of amides is 5. The Kier molecular flexibility index (Phi) is 22.6. The number of nitrogens with one attached hydrogen (secondary N) is 2. The number of likely N-dealkylation sites (tertiary alicyclic amines) is 2. The van der Waals surface area contributed by atoms with Crippen LogP contribution in [0.2, 0.25) is 0 Å². The molecule has 16 nitrogen and oxygen atoms in total. The number of carbonyl (C=O) groups excluding carboxylic acids is 5. The van der Waals surface area contributed by atoms with E-state index in [0.29, 0.717) is 113 Å². The van der Waals surface area contributed by atoms with Crippen LogP contribution in [-0.4, -0.2) is 177 Å². The first kappa shape index (κ1) is 70.9. The molecule has 522 valence electrons. The Hall–Kier alpha value is -8.38. The van der Waals surface area contributed by atoms with E-state index >= 15 is 0 Å². The van der Waals surface area contributed by atoms with Crippen molar-refractivity contribution in [1.82, 2.24) is 29.4 Å². The van der Waals surface area contributed by atoms with Crippen LogP contribution in [0.5, 0.6) is 0 Å². The fourth-order valence-electron chi connectivity index (χ4n) is 14.5. The van der Waals surface area contributed by atoms with Gasteiger partial charge >= 0.3 is 18.4 Å². The standard InChI is InChI=1S/C75H85F7N8O8/c1-85(34-13-35-89-38-27-53-46-60(25-26-63(53)70(89)94)83-33-12-4-7-20-67(91)86(2)42-43-87-36-28-61(29-37-87)98-71(95)84-65-19-11-9-17-62(65)52-14-5-3-6-15-52)68(92)49-96-66-47-54-16-8-10-18-64(54)72(66)30-39-88(40-31-72)41-32-73(56-21-23-59(76)24-22-56)50-90(51-97-73)69(93)55-44-57(74(77,78)79)48-58(45-55)75(80,81)82/h3,5-6,8-11,14-19,21-26,44-46,48,61,66,83H,4,7,12-13,20,27-43,47,49-51H2,1-2H3,(H,84,95)/t66-,73-/m0/s1. The first-order chi connectivity index (χ1) is 47.0. The normalized spacial score (nSPS) is 18.9. The third-order valence-electron chi connectivity index (χ3n) is 20.3. The number of benzene rings is 6. The maximum absolute atomic E-state index is 14.3. The summed E-state index contributed by atoms with van der Waals surface area (Å²) < 4.78 is 116. The second-order valence-corrected chi connectivity index (χ2v) is 26.6. The number of likely N-dealkylation sites (N-methyl/N-ethyl adjacent to an activating group) is 2. The highest BCUT2D eigenvalue weighted by Gasteiger charge is 2.50. The number of anilines is 2. The largest absolute Gasteiger partial charge is 0.446 e. The summed E-state index contributed by atoms with van der Waals surface area (Å²) in [5.74, 6) is -1.69. The van der Waals surface area contributed by atoms with Gasteiger partial charge in [-0.05, 0) is 160 Å². The lowest BCUT2D eigenvalue weighted by Crippen LogP contribution is -2.50. The van der Waals surface area contributed by atoms with E-state index in [4.69, 9.17) is 14.2 Å². The van der Waals surface area contributed by atoms with E-state index in [1.165, 1.54) is 29.8 Å². The van der Waals surface area contributed by atoms with Crippen molar-refractivity contribution < 1.29 is 68.9 Å². The number of halogens is 7. The lowest BCUT2D eigenvalue weighted by Gasteiger charge is -2.44. The van der Waals surface area contributed by atoms with Crippen molar-refractivity contribution in [3.63, 3.8) is 0 Å². The van der Waals surface area contributed by atoms with E-state index < -0.39 is 64.6 Å². The number of nitrogens with zero attached hydrogens (tertiary/aromatic N) is 6. The van der Waals surface area contributed by atoms with Gasteiger partial charge in [0, 0.05) is 107 Å². The minimum absolute atomic E-state index is 0.0264. The number of hydrogen-bond acceptors (Lipinski definition) is 11. The van der Waals surface area contributed by atoms with Crippen LogP contribution in [0, 0.1) is 5.82 Å². The first-order valence-electron chi connectivity index (χ1n) is 33.9. The third kappa shape index (κ3) is 17.2. The number of carbonyl (C=O) groups is 5. The summed E-state index contributed by atoms with van der Waals surface area (Å²) in [6, 6.07) is 37.9. The lowest BCUT2D eigenvalue weighted by molar-refractivity contribution is -0.143. The summed E-state index contributed by atoms with van der Waals surface area (Å²) >= 11 is 0. The van der Waals surface area contributed by atoms with Gasteiger partial charge in [0.2, 0.25) is 11.8 Å². The number of alkyl halides is 6. The van der Waals surface area contributed by atoms with E-state index in [1.807, 2.05) is 96.9 Å². The molecule has 1 spiro atoms. The second-order valence-electron chi connectivity index (χ2n) is 26.6. The van der Waals surface area contributed by atoms with Crippen LogP contribution in [0.15, 0.2) is 140 Å². The van der Waals surface area contributed by atoms with Gasteiger partial charge in [-0.1, -0.05) is 91.3 Å². The molecule has 23 heteroatoms. The van der Waals surface area contributed by atoms with Gasteiger partial charge in [0.15, 0.2) is 0 Å². The predicted molar refractivity (Wildman–Crippen MR) is 358 cm³/mol. The zero-order valence-electron chi connectivity index (χ0n) is 55.4. The zero-order chi connectivity index (χ0) is 69.2. The van der Waals surface area contributed by atoms with Crippen molar-refractivity contribution in [2.24, 2.45) is 0 Å². The average molecular weight is 1360 g/mol. The van der Waals surface area contributed by atoms with Gasteiger partial charge in [-0.25, -0.2) is 9.18 Å². The summed E-state index contributed by atoms with van der Waals surface area (Å²) in [5.41, 5.74) is 2.40. The summed E-state index contributed by atoms with van der Waals surface area (Å²) in [4.78, 5) is 78.1. The molecule has 3 saturated heterocycles. The molecule has 2 N–H and O–H groups in total. The van der Waals surface area contributed by atoms with Crippen molar-refractivity contribution in [2.45, 2.75) is 113 Å². The Balaban J connectivity index is 0.573. The molecule has 4 heterocycles. The minimum Gasteiger partial charge on any atom is -0.446 e. The van der Waals surface area contributed by atoms with Gasteiger partial charge in [-0.3, -0.25) is 24.5 Å². The van der Waals surface area contributed by atoms with Crippen LogP contribution in [0.3, 0.4) is 0 Å². The summed E-state index contributed by atoms with van der Waals surface area (Å²) in [6.45, 7) is 6.04. The molecule has 0 saturated carbocycles. The highest BCUT2D eigenvalue weighted by atomic mass is 19.4. The van der Waals surface area contributed by atoms with E-state index in [1.54, 1.807) is 16.8 Å². The molecule has 0 radical (unpaired) electrons. The van der Waals surface area contributed by atoms with Crippen molar-refractivity contribution >= 4 is 41.1 Å². The highest BCUT2D eigenvalue weighted by Crippen LogP contribution is 2.49. The van der Waals surface area contributed by atoms with Crippen molar-refractivity contribution in [3.05, 3.63) is 190 Å². The van der Waals surface area contributed by atoms with Crippen LogP contribution in [-0.2, 0) is 60.0 Å². The molecule has 6 aromatic rings. The number of fused-ring (bicyclic) bond motifs is 3. The molecule has 0 aromatic heterocycles. The molecule has 5 aliphatic rings. The van der Waals surface area contributed by atoms with E-state index in [0.717, 1.165) is 91.1 Å². The fourth-order valence-corrected chi connectivity index (χ4v) is 14.5. The minimum atomic E-state index is -5.15. The smallest absolute Gasteiger partial charge is 0.416 e. The molecule has 98 heavy (non-hydrogen) atoms. The molecule has 0 bridgehead atoms. The maximum atomic E-state index is 14.3. The van der Waals surface area contributed by atoms with Gasteiger partial charge in [0.25, 0.3) is 11.8 Å². The van der Waals surface area contributed by atoms with Crippen LogP contribution in [0.25, 0.3) is 11.1 Å². The Morgan fingerprint density at radius 1 is 0.673 bits per heavy atom. The fraction of sp³-hybridized carbons (Fsp3) is 0.453. The molecule has 6 aromatic carbocycles. The molecular weight excluding hydrogens is 1270 g/mol. The number of hydrogen-bond donors (Lipinski definition) is 2. The van der Waals surface area contributed by atoms with E-state index in [-0.39, 0.29) is 55.6 Å². The van der Waals surface area contributed by atoms with Crippen LogP contribution < -0.4 is 10.6 Å². The Morgan fingerprint density at radius 2 is 1.36 bits per heavy atom. The Bertz CT molecular complexity index is 3740. The molecule has 2 atom stereocenters. The topological polar surface area (TPSA) is 157 Å². The number of piperidine rings is 2. The lowest BCUT2D eigenvalue weighted by atomic mass is 9.72. The quantitative estimate of drug-likeness (QED) is 0.0415. The van der Waals surface area contributed by atoms with Crippen LogP contribution in [0.1, 0.15) is 118 Å². The number of rotatable bonds is 25. The van der Waals surface area contributed by atoms with Crippen molar-refractivity contribution in [3.8, 4) is 11.1 Å². The number of para-hydroxylation sites is 1. The molecule has 3 fully saturated rings. The van der Waals surface area contributed by atoms with Gasteiger partial charge in [0.1, 0.15) is 30.9 Å². The van der Waals surface area contributed by atoms with Gasteiger partial charge < -0.3 is 48.9 Å². The number of ether oxygens (including phenoxy) is 3. The van der Waals surface area contributed by atoms with Crippen molar-refractivity contribution in [1.29, 1.82) is 0 Å². The zero-order valence-corrected chi connectivity index (χ0v) is 55.4. The highest BCUT2D eigenvalue weighted by molar-refractivity contribution is 5.97. The first-order valence-corrected chi connectivity index (χ1v) is 33.9. The van der Waals surface area contributed by atoms with Crippen LogP contribution >= 0.6 is 0 Å². The summed E-state index contributed by atoms with van der Waals surface area (Å²) in [6.07, 6.45) is -3.20. The number of unbranched alkanes of at least 4 members (excludes halogenated alkanes) is 2. The average Bonchev–Trinajstić information content (AvgIpc) is 1.62. The second kappa shape index (κ2) is 31.2. The Labute approximate surface area is 567 Å². The monoisotopic (exact) mass is 1360 g/mol. The molecule has 5 amide bonds. The predicted octanol–water partition coefficient (Wildman–Crippen LogP) is 12.9. The molecule has 4 aliphatic heterocycles. The summed E-state index contributed by atoms with van der Waals surface area (Å²) in [5, 5.41) is 6.43. The molecule has 1 aliphatic carbocycles. The Morgan fingerprint density at radius 3 is 2.09 bits per heavy atom.